The number of piperidine rings is 1. The largest absolute Gasteiger partial charge is 0.434 e. The molecular weight excluding hydrogens is 246 g/mol. The van der Waals surface area contributed by atoms with Gasteiger partial charge in [0.1, 0.15) is 11.6 Å². The van der Waals surface area contributed by atoms with Gasteiger partial charge in [-0.3, -0.25) is 0 Å². The molecule has 2 aromatic heterocycles. The number of H-pyrrole nitrogens is 1. The highest BCUT2D eigenvalue weighted by atomic mass is 16.4. The number of anilines is 1. The summed E-state index contributed by atoms with van der Waals surface area (Å²) in [5, 5.41) is 6.23. The third-order valence-electron chi connectivity index (χ3n) is 3.31. The minimum Gasteiger partial charge on any atom is -0.392 e. The zero-order valence-corrected chi connectivity index (χ0v) is 10.7. The molecule has 100 valence electrons. The van der Waals surface area contributed by atoms with E-state index in [1.54, 1.807) is 6.20 Å². The normalized spacial score (nSPS) is 19.6. The standard InChI is InChI=1S/C12H15N5O2/c1-8-13-5-4-10(14-8)17-6-2-3-9(7-17)11-15-16-12(18)19-11/h4-5,9H,2-3,6-7H2,1H3,(H,16,18). The Hall–Kier alpha value is -2.18. The van der Waals surface area contributed by atoms with Crippen molar-refractivity contribution in [2.24, 2.45) is 0 Å². The van der Waals surface area contributed by atoms with E-state index in [2.05, 4.69) is 25.1 Å². The lowest BCUT2D eigenvalue weighted by molar-refractivity contribution is 0.384. The summed E-state index contributed by atoms with van der Waals surface area (Å²) in [6.07, 6.45) is 3.74. The van der Waals surface area contributed by atoms with Gasteiger partial charge in [0.25, 0.3) is 0 Å². The Morgan fingerprint density at radius 1 is 1.53 bits per heavy atom. The fourth-order valence-corrected chi connectivity index (χ4v) is 2.42. The predicted octanol–water partition coefficient (Wildman–Crippen LogP) is 0.845. The van der Waals surface area contributed by atoms with Crippen LogP contribution in [0.2, 0.25) is 0 Å². The number of rotatable bonds is 2. The van der Waals surface area contributed by atoms with E-state index >= 15 is 0 Å². The van der Waals surface area contributed by atoms with Crippen LogP contribution in [0.25, 0.3) is 0 Å². The van der Waals surface area contributed by atoms with Crippen molar-refractivity contribution in [3.8, 4) is 0 Å². The molecule has 1 unspecified atom stereocenters. The molecule has 1 saturated heterocycles. The number of aromatic nitrogens is 4. The minimum atomic E-state index is -0.495. The highest BCUT2D eigenvalue weighted by Crippen LogP contribution is 2.27. The first-order valence-corrected chi connectivity index (χ1v) is 6.32. The second-order valence-corrected chi connectivity index (χ2v) is 4.70. The molecule has 1 fully saturated rings. The fourth-order valence-electron chi connectivity index (χ4n) is 2.42. The molecule has 3 rings (SSSR count). The summed E-state index contributed by atoms with van der Waals surface area (Å²) < 4.78 is 5.05. The van der Waals surface area contributed by atoms with Gasteiger partial charge in [-0.2, -0.15) is 0 Å². The first-order valence-electron chi connectivity index (χ1n) is 6.32. The van der Waals surface area contributed by atoms with Crippen LogP contribution in [0.1, 0.15) is 30.5 Å². The van der Waals surface area contributed by atoms with Crippen molar-refractivity contribution in [1.29, 1.82) is 0 Å². The van der Waals surface area contributed by atoms with Gasteiger partial charge in [0, 0.05) is 19.3 Å². The Morgan fingerprint density at radius 3 is 3.16 bits per heavy atom. The lowest BCUT2D eigenvalue weighted by Crippen LogP contribution is -2.35. The van der Waals surface area contributed by atoms with Crippen LogP contribution in [0.5, 0.6) is 0 Å². The smallest absolute Gasteiger partial charge is 0.392 e. The molecule has 2 aromatic rings. The molecule has 0 saturated carbocycles. The third kappa shape index (κ3) is 2.49. The van der Waals surface area contributed by atoms with Gasteiger partial charge in [0.15, 0.2) is 0 Å². The van der Waals surface area contributed by atoms with Gasteiger partial charge in [-0.25, -0.2) is 19.9 Å². The predicted molar refractivity (Wildman–Crippen MR) is 68.1 cm³/mol. The van der Waals surface area contributed by atoms with Crippen LogP contribution in [0.3, 0.4) is 0 Å². The first-order chi connectivity index (χ1) is 9.22. The first kappa shape index (κ1) is 11.9. The molecule has 0 aromatic carbocycles. The van der Waals surface area contributed by atoms with Crippen LogP contribution < -0.4 is 10.7 Å². The van der Waals surface area contributed by atoms with E-state index in [1.807, 2.05) is 13.0 Å². The quantitative estimate of drug-likeness (QED) is 0.862. The third-order valence-corrected chi connectivity index (χ3v) is 3.31. The average Bonchev–Trinajstić information content (AvgIpc) is 2.86. The fraction of sp³-hybridized carbons (Fsp3) is 0.500. The van der Waals surface area contributed by atoms with Crippen LogP contribution in [-0.4, -0.2) is 33.3 Å². The molecule has 1 aliphatic rings. The lowest BCUT2D eigenvalue weighted by Gasteiger charge is -2.31. The maximum absolute atomic E-state index is 11.0. The Bertz CT molecular complexity index is 620. The van der Waals surface area contributed by atoms with Crippen LogP contribution in [0.15, 0.2) is 21.5 Å². The Balaban J connectivity index is 1.80. The van der Waals surface area contributed by atoms with E-state index in [-0.39, 0.29) is 5.92 Å². The summed E-state index contributed by atoms with van der Waals surface area (Å²) in [6, 6.07) is 1.90. The highest BCUT2D eigenvalue weighted by Gasteiger charge is 2.26. The number of aryl methyl sites for hydroxylation is 1. The molecular formula is C12H15N5O2. The van der Waals surface area contributed by atoms with E-state index in [0.717, 1.165) is 37.6 Å². The number of hydrogen-bond acceptors (Lipinski definition) is 6. The lowest BCUT2D eigenvalue weighted by atomic mass is 9.98. The summed E-state index contributed by atoms with van der Waals surface area (Å²) in [7, 11) is 0. The van der Waals surface area contributed by atoms with E-state index in [0.29, 0.717) is 5.89 Å². The molecule has 0 bridgehead atoms. The zero-order valence-electron chi connectivity index (χ0n) is 10.7. The Labute approximate surface area is 109 Å². The average molecular weight is 261 g/mol. The van der Waals surface area contributed by atoms with Gasteiger partial charge >= 0.3 is 5.76 Å². The summed E-state index contributed by atoms with van der Waals surface area (Å²) >= 11 is 0. The van der Waals surface area contributed by atoms with Crippen LogP contribution in [0.4, 0.5) is 5.82 Å². The monoisotopic (exact) mass is 261 g/mol. The number of aromatic amines is 1. The molecule has 3 heterocycles. The van der Waals surface area contributed by atoms with Gasteiger partial charge in [-0.05, 0) is 25.8 Å². The van der Waals surface area contributed by atoms with E-state index in [9.17, 15) is 4.79 Å². The maximum Gasteiger partial charge on any atom is 0.434 e. The maximum atomic E-state index is 11.0. The van der Waals surface area contributed by atoms with Crippen LogP contribution >= 0.6 is 0 Å². The number of nitrogens with one attached hydrogen (secondary N) is 1. The molecule has 0 aliphatic carbocycles. The SMILES string of the molecule is Cc1nccc(N2CCCC(c3n[nH]c(=O)o3)C2)n1. The molecule has 0 amide bonds. The van der Waals surface area contributed by atoms with Crippen LogP contribution in [-0.2, 0) is 0 Å². The van der Waals surface area contributed by atoms with Gasteiger partial charge in [0.2, 0.25) is 5.89 Å². The Kier molecular flexibility index (Phi) is 3.02. The second kappa shape index (κ2) is 4.83. The van der Waals surface area contributed by atoms with Crippen LogP contribution in [0, 0.1) is 6.92 Å². The molecule has 19 heavy (non-hydrogen) atoms. The van der Waals surface area contributed by atoms with Gasteiger partial charge in [-0.15, -0.1) is 5.10 Å². The van der Waals surface area contributed by atoms with E-state index < -0.39 is 5.76 Å². The van der Waals surface area contributed by atoms with Gasteiger partial charge in [0.05, 0.1) is 5.92 Å². The summed E-state index contributed by atoms with van der Waals surface area (Å²) in [6.45, 7) is 3.57. The number of hydrogen-bond donors (Lipinski definition) is 1. The molecule has 7 heteroatoms. The zero-order chi connectivity index (χ0) is 13.2. The number of nitrogens with zero attached hydrogens (tertiary/aromatic N) is 4. The molecule has 0 radical (unpaired) electrons. The summed E-state index contributed by atoms with van der Waals surface area (Å²) in [5.41, 5.74) is 0. The second-order valence-electron chi connectivity index (χ2n) is 4.70. The van der Waals surface area contributed by atoms with E-state index in [1.165, 1.54) is 0 Å². The Morgan fingerprint density at radius 2 is 2.42 bits per heavy atom. The van der Waals surface area contributed by atoms with Crippen molar-refractivity contribution < 1.29 is 4.42 Å². The molecule has 1 aliphatic heterocycles. The van der Waals surface area contributed by atoms with Crippen molar-refractivity contribution in [3.63, 3.8) is 0 Å². The molecule has 0 spiro atoms. The molecule has 7 nitrogen and oxygen atoms in total. The van der Waals surface area contributed by atoms with E-state index in [4.69, 9.17) is 4.42 Å². The van der Waals surface area contributed by atoms with Crippen molar-refractivity contribution in [3.05, 3.63) is 34.5 Å². The van der Waals surface area contributed by atoms with Crippen molar-refractivity contribution in [2.45, 2.75) is 25.7 Å². The highest BCUT2D eigenvalue weighted by molar-refractivity contribution is 5.38. The van der Waals surface area contributed by atoms with Gasteiger partial charge < -0.3 is 9.32 Å². The molecule has 1 N–H and O–H groups in total. The summed E-state index contributed by atoms with van der Waals surface area (Å²) in [4.78, 5) is 21.7. The van der Waals surface area contributed by atoms with Crippen molar-refractivity contribution >= 4 is 5.82 Å². The summed E-state index contributed by atoms with van der Waals surface area (Å²) in [5.74, 6) is 1.79. The molecule has 1 atom stereocenters. The minimum absolute atomic E-state index is 0.128. The van der Waals surface area contributed by atoms with Crippen molar-refractivity contribution in [2.75, 3.05) is 18.0 Å². The van der Waals surface area contributed by atoms with Crippen molar-refractivity contribution in [1.82, 2.24) is 20.2 Å². The topological polar surface area (TPSA) is 87.9 Å². The van der Waals surface area contributed by atoms with Gasteiger partial charge in [-0.1, -0.05) is 0 Å².